The molecule has 1 atom stereocenters. The summed E-state index contributed by atoms with van der Waals surface area (Å²) in [5.41, 5.74) is 0. The van der Waals surface area contributed by atoms with Gasteiger partial charge in [-0.15, -0.1) is 0 Å². The SMILES string of the molecule is CCC(C)C(=O)CCOCCNC(=O)C1CCC(NC(=O)CCOC(C)C)CC1.[HH].[HH]. The number of hydrogen-bond acceptors (Lipinski definition) is 5. The number of ketones is 1. The Labute approximate surface area is 178 Å². The molecule has 1 unspecified atom stereocenters. The van der Waals surface area contributed by atoms with Gasteiger partial charge in [0.25, 0.3) is 0 Å². The summed E-state index contributed by atoms with van der Waals surface area (Å²) in [5.74, 6) is 0.390. The number of amides is 2. The van der Waals surface area contributed by atoms with Crippen molar-refractivity contribution in [1.82, 2.24) is 10.6 Å². The van der Waals surface area contributed by atoms with Gasteiger partial charge in [-0.1, -0.05) is 13.8 Å². The summed E-state index contributed by atoms with van der Waals surface area (Å²) in [6.45, 7) is 9.57. The lowest BCUT2D eigenvalue weighted by Gasteiger charge is -2.28. The lowest BCUT2D eigenvalue weighted by Crippen LogP contribution is -2.41. The Morgan fingerprint density at radius 3 is 2.31 bits per heavy atom. The van der Waals surface area contributed by atoms with Crippen molar-refractivity contribution in [2.24, 2.45) is 11.8 Å². The number of carbonyl (C=O) groups is 3. The summed E-state index contributed by atoms with van der Waals surface area (Å²) in [5, 5.41) is 5.96. The summed E-state index contributed by atoms with van der Waals surface area (Å²) >= 11 is 0. The van der Waals surface area contributed by atoms with E-state index in [4.69, 9.17) is 9.47 Å². The Bertz CT molecular complexity index is 512. The third-order valence-electron chi connectivity index (χ3n) is 5.44. The molecule has 7 heteroatoms. The van der Waals surface area contributed by atoms with Gasteiger partial charge in [0.15, 0.2) is 0 Å². The number of ether oxygens (including phenoxy) is 2. The molecular formula is C22H44N2O5. The predicted molar refractivity (Wildman–Crippen MR) is 117 cm³/mol. The van der Waals surface area contributed by atoms with E-state index in [-0.39, 0.29) is 44.4 Å². The van der Waals surface area contributed by atoms with Crippen LogP contribution in [0.25, 0.3) is 0 Å². The molecule has 172 valence electrons. The van der Waals surface area contributed by atoms with Crippen LogP contribution in [0.2, 0.25) is 0 Å². The molecule has 7 nitrogen and oxygen atoms in total. The van der Waals surface area contributed by atoms with Crippen molar-refractivity contribution >= 4 is 17.6 Å². The van der Waals surface area contributed by atoms with Gasteiger partial charge in [0.05, 0.1) is 25.9 Å². The van der Waals surface area contributed by atoms with Crippen LogP contribution in [0, 0.1) is 11.8 Å². The van der Waals surface area contributed by atoms with Gasteiger partial charge in [0.1, 0.15) is 5.78 Å². The zero-order valence-corrected chi connectivity index (χ0v) is 18.6. The molecule has 1 aliphatic rings. The second kappa shape index (κ2) is 14.5. The lowest BCUT2D eigenvalue weighted by molar-refractivity contribution is -0.127. The second-order valence-electron chi connectivity index (χ2n) is 8.21. The highest BCUT2D eigenvalue weighted by atomic mass is 16.5. The monoisotopic (exact) mass is 416 g/mol. The first-order valence-electron chi connectivity index (χ1n) is 11.1. The average Bonchev–Trinajstić information content (AvgIpc) is 2.69. The fraction of sp³-hybridized carbons (Fsp3) is 0.864. The molecule has 2 N–H and O–H groups in total. The Hall–Kier alpha value is -1.47. The second-order valence-corrected chi connectivity index (χ2v) is 8.21. The molecule has 0 aromatic heterocycles. The van der Waals surface area contributed by atoms with Crippen molar-refractivity contribution in [1.29, 1.82) is 0 Å². The zero-order valence-electron chi connectivity index (χ0n) is 18.6. The van der Waals surface area contributed by atoms with Crippen LogP contribution in [0.15, 0.2) is 0 Å². The van der Waals surface area contributed by atoms with Crippen LogP contribution in [-0.4, -0.2) is 56.1 Å². The van der Waals surface area contributed by atoms with Crippen LogP contribution in [0.4, 0.5) is 0 Å². The van der Waals surface area contributed by atoms with Crippen molar-refractivity contribution in [2.45, 2.75) is 84.8 Å². The first kappa shape index (κ1) is 25.6. The molecule has 1 saturated carbocycles. The highest BCUT2D eigenvalue weighted by Crippen LogP contribution is 2.24. The Balaban J connectivity index is 0. The number of hydrogen-bond donors (Lipinski definition) is 2. The van der Waals surface area contributed by atoms with Crippen molar-refractivity contribution < 1.29 is 26.7 Å². The molecule has 1 fully saturated rings. The minimum atomic E-state index is -0.000548. The van der Waals surface area contributed by atoms with Gasteiger partial charge < -0.3 is 20.1 Å². The number of nitrogens with one attached hydrogen (secondary N) is 2. The van der Waals surface area contributed by atoms with E-state index in [1.165, 1.54) is 0 Å². The number of rotatable bonds is 14. The Morgan fingerprint density at radius 1 is 1.00 bits per heavy atom. The minimum absolute atomic E-state index is 0. The Morgan fingerprint density at radius 2 is 1.69 bits per heavy atom. The van der Waals surface area contributed by atoms with Crippen molar-refractivity contribution in [2.75, 3.05) is 26.4 Å². The molecule has 0 aliphatic heterocycles. The van der Waals surface area contributed by atoms with E-state index in [1.807, 2.05) is 27.7 Å². The molecule has 0 aromatic rings. The van der Waals surface area contributed by atoms with Crippen molar-refractivity contribution in [3.8, 4) is 0 Å². The zero-order chi connectivity index (χ0) is 21.6. The molecule has 1 aliphatic carbocycles. The highest BCUT2D eigenvalue weighted by molar-refractivity contribution is 5.80. The molecular weight excluding hydrogens is 372 g/mol. The van der Waals surface area contributed by atoms with Gasteiger partial charge >= 0.3 is 0 Å². The molecule has 0 saturated heterocycles. The van der Waals surface area contributed by atoms with Crippen LogP contribution in [0.5, 0.6) is 0 Å². The normalized spacial score (nSPS) is 20.3. The van der Waals surface area contributed by atoms with Gasteiger partial charge in [-0.05, 0) is 46.0 Å². The molecule has 29 heavy (non-hydrogen) atoms. The quantitative estimate of drug-likeness (QED) is 0.424. The van der Waals surface area contributed by atoms with E-state index in [2.05, 4.69) is 10.6 Å². The largest absolute Gasteiger partial charge is 0.379 e. The van der Waals surface area contributed by atoms with E-state index in [0.717, 1.165) is 32.1 Å². The molecule has 0 bridgehead atoms. The van der Waals surface area contributed by atoms with Gasteiger partial charge in [-0.2, -0.15) is 0 Å². The van der Waals surface area contributed by atoms with Crippen LogP contribution < -0.4 is 10.6 Å². The lowest BCUT2D eigenvalue weighted by atomic mass is 9.85. The average molecular weight is 417 g/mol. The van der Waals surface area contributed by atoms with E-state index in [1.54, 1.807) is 0 Å². The van der Waals surface area contributed by atoms with E-state index in [0.29, 0.717) is 39.2 Å². The van der Waals surface area contributed by atoms with Crippen LogP contribution in [-0.2, 0) is 23.9 Å². The fourth-order valence-electron chi connectivity index (χ4n) is 3.33. The van der Waals surface area contributed by atoms with Crippen molar-refractivity contribution in [3.63, 3.8) is 0 Å². The van der Waals surface area contributed by atoms with E-state index in [9.17, 15) is 14.4 Å². The number of carbonyl (C=O) groups excluding carboxylic acids is 3. The fourth-order valence-corrected chi connectivity index (χ4v) is 3.33. The maximum Gasteiger partial charge on any atom is 0.223 e. The molecule has 0 radical (unpaired) electrons. The first-order valence-corrected chi connectivity index (χ1v) is 11.1. The Kier molecular flexibility index (Phi) is 12.8. The minimum Gasteiger partial charge on any atom is -0.379 e. The third kappa shape index (κ3) is 11.3. The van der Waals surface area contributed by atoms with Gasteiger partial charge in [0, 0.05) is 40.1 Å². The maximum absolute atomic E-state index is 12.3. The summed E-state index contributed by atoms with van der Waals surface area (Å²) in [4.78, 5) is 35.9. The highest BCUT2D eigenvalue weighted by Gasteiger charge is 2.26. The molecule has 2 amide bonds. The van der Waals surface area contributed by atoms with Crippen LogP contribution >= 0.6 is 0 Å². The maximum atomic E-state index is 12.3. The van der Waals surface area contributed by atoms with Gasteiger partial charge in [0.2, 0.25) is 11.8 Å². The van der Waals surface area contributed by atoms with Crippen LogP contribution in [0.1, 0.15) is 75.5 Å². The summed E-state index contributed by atoms with van der Waals surface area (Å²) in [6.07, 6.45) is 5.01. The molecule has 0 spiro atoms. The van der Waals surface area contributed by atoms with Gasteiger partial charge in [-0.3, -0.25) is 14.4 Å². The first-order chi connectivity index (χ1) is 13.8. The van der Waals surface area contributed by atoms with E-state index >= 15 is 0 Å². The molecule has 1 rings (SSSR count). The predicted octanol–water partition coefficient (Wildman–Crippen LogP) is 3.11. The van der Waals surface area contributed by atoms with Gasteiger partial charge in [-0.25, -0.2) is 0 Å². The summed E-state index contributed by atoms with van der Waals surface area (Å²) < 4.78 is 10.8. The molecule has 0 heterocycles. The third-order valence-corrected chi connectivity index (χ3v) is 5.44. The number of Topliss-reactive ketones (excluding diaryl/α,β-unsaturated/α-hetero) is 1. The summed E-state index contributed by atoms with van der Waals surface area (Å²) in [7, 11) is 0. The van der Waals surface area contributed by atoms with Crippen LogP contribution in [0.3, 0.4) is 0 Å². The smallest absolute Gasteiger partial charge is 0.223 e. The van der Waals surface area contributed by atoms with E-state index < -0.39 is 0 Å². The standard InChI is InChI=1S/C22H40N2O5.2H2/c1-5-17(4)20(25)10-13-28-15-12-23-22(27)18-6-8-19(9-7-18)24-21(26)11-14-29-16(2)3;;/h16-19H,5-15H2,1-4H3,(H,23,27)(H,24,26);2*1H. The topological polar surface area (TPSA) is 93.7 Å². The van der Waals surface area contributed by atoms with Crippen molar-refractivity contribution in [3.05, 3.63) is 0 Å². The molecule has 0 aromatic carbocycles. The summed E-state index contributed by atoms with van der Waals surface area (Å²) in [6, 6.07) is 0.150.